The Morgan fingerprint density at radius 2 is 1.36 bits per heavy atom. The average molecular weight is 357 g/mol. The lowest BCUT2D eigenvalue weighted by Gasteiger charge is -2.20. The largest absolute Gasteiger partial charge is 0.358 e. The van der Waals surface area contributed by atoms with E-state index in [2.05, 4.69) is 26.6 Å². The first-order valence-corrected chi connectivity index (χ1v) is 7.94. The van der Waals surface area contributed by atoms with Crippen LogP contribution in [0.1, 0.15) is 27.2 Å². The van der Waals surface area contributed by atoms with Crippen LogP contribution in [-0.2, 0) is 24.0 Å². The summed E-state index contributed by atoms with van der Waals surface area (Å²) in [6, 6.07) is -0.826. The van der Waals surface area contributed by atoms with Crippen LogP contribution in [0.2, 0.25) is 0 Å². The monoisotopic (exact) mass is 357 g/mol. The van der Waals surface area contributed by atoms with E-state index >= 15 is 0 Å². The van der Waals surface area contributed by atoms with Crippen molar-refractivity contribution in [1.29, 1.82) is 0 Å². The molecular weight excluding hydrogens is 330 g/mol. The van der Waals surface area contributed by atoms with Gasteiger partial charge in [0.1, 0.15) is 6.04 Å². The highest BCUT2D eigenvalue weighted by Crippen LogP contribution is 2.04. The van der Waals surface area contributed by atoms with E-state index in [0.29, 0.717) is 6.42 Å². The molecule has 0 radical (unpaired) electrons. The molecule has 0 aromatic carbocycles. The van der Waals surface area contributed by atoms with Gasteiger partial charge < -0.3 is 26.6 Å². The minimum absolute atomic E-state index is 0.124. The summed E-state index contributed by atoms with van der Waals surface area (Å²) in [6.07, 6.45) is 0.373. The topological polar surface area (TPSA) is 146 Å². The van der Waals surface area contributed by atoms with Gasteiger partial charge in [-0.25, -0.2) is 0 Å². The van der Waals surface area contributed by atoms with Gasteiger partial charge in [0.25, 0.3) is 0 Å². The van der Waals surface area contributed by atoms with Gasteiger partial charge in [-0.15, -0.1) is 0 Å². The van der Waals surface area contributed by atoms with Gasteiger partial charge >= 0.3 is 0 Å². The minimum atomic E-state index is -0.826. The predicted molar refractivity (Wildman–Crippen MR) is 90.2 cm³/mol. The lowest BCUT2D eigenvalue weighted by atomic mass is 10.0. The van der Waals surface area contributed by atoms with E-state index in [4.69, 9.17) is 0 Å². The molecule has 0 aromatic rings. The van der Waals surface area contributed by atoms with E-state index in [-0.39, 0.29) is 37.4 Å². The number of likely N-dealkylation sites (N-methyl/N-ethyl adjacent to an activating group) is 1. The molecule has 0 bridgehead atoms. The van der Waals surface area contributed by atoms with Gasteiger partial charge in [0.2, 0.25) is 29.5 Å². The van der Waals surface area contributed by atoms with Crippen molar-refractivity contribution in [3.63, 3.8) is 0 Å². The Balaban J connectivity index is 4.47. The quantitative estimate of drug-likeness (QED) is 0.297. The molecule has 1 atom stereocenters. The smallest absolute Gasteiger partial charge is 0.243 e. The first-order chi connectivity index (χ1) is 11.6. The van der Waals surface area contributed by atoms with Crippen molar-refractivity contribution in [3.05, 3.63) is 0 Å². The highest BCUT2D eigenvalue weighted by Gasteiger charge is 2.22. The van der Waals surface area contributed by atoms with Crippen LogP contribution in [0.3, 0.4) is 0 Å². The number of carbonyl (C=O) groups excluding carboxylic acids is 5. The maximum Gasteiger partial charge on any atom is 0.243 e. The molecule has 5 amide bonds. The number of hydrogen-bond donors (Lipinski definition) is 5. The Bertz CT molecular complexity index is 507. The standard InChI is InChI=1S/C15H27N5O5/c1-9(2)5-11(20-14(24)8-17-10(3)21)15(25)19-7-13(23)18-6-12(22)16-4/h9,11H,5-8H2,1-4H3,(H,16,22)(H,17,21)(H,18,23)(H,19,25)(H,20,24)/t11-/m0/s1. The molecule has 0 fully saturated rings. The van der Waals surface area contributed by atoms with Gasteiger partial charge in [0.05, 0.1) is 19.6 Å². The predicted octanol–water partition coefficient (Wildman–Crippen LogP) is -2.37. The third-order valence-corrected chi connectivity index (χ3v) is 3.00. The summed E-state index contributed by atoms with van der Waals surface area (Å²) in [7, 11) is 1.44. The molecule has 142 valence electrons. The molecule has 0 unspecified atom stereocenters. The Labute approximate surface area is 146 Å². The van der Waals surface area contributed by atoms with Crippen molar-refractivity contribution < 1.29 is 24.0 Å². The summed E-state index contributed by atoms with van der Waals surface area (Å²) in [4.78, 5) is 57.3. The van der Waals surface area contributed by atoms with E-state index in [0.717, 1.165) is 0 Å². The van der Waals surface area contributed by atoms with Gasteiger partial charge in [-0.2, -0.15) is 0 Å². The number of rotatable bonds is 10. The van der Waals surface area contributed by atoms with E-state index in [1.807, 2.05) is 13.8 Å². The second-order valence-electron chi connectivity index (χ2n) is 5.83. The molecule has 0 spiro atoms. The van der Waals surface area contributed by atoms with Crippen LogP contribution in [-0.4, -0.2) is 62.3 Å². The maximum absolute atomic E-state index is 12.2. The molecule has 0 aliphatic heterocycles. The first-order valence-electron chi connectivity index (χ1n) is 7.94. The zero-order chi connectivity index (χ0) is 19.4. The van der Waals surface area contributed by atoms with Gasteiger partial charge in [0.15, 0.2) is 0 Å². The average Bonchev–Trinajstić information content (AvgIpc) is 2.54. The molecule has 0 aliphatic rings. The molecule has 10 heteroatoms. The summed E-state index contributed by atoms with van der Waals surface area (Å²) in [5, 5.41) is 12.0. The molecule has 0 heterocycles. The Hall–Kier alpha value is -2.65. The van der Waals surface area contributed by atoms with Crippen molar-refractivity contribution in [3.8, 4) is 0 Å². The van der Waals surface area contributed by atoms with Gasteiger partial charge in [-0.05, 0) is 12.3 Å². The highest BCUT2D eigenvalue weighted by molar-refractivity contribution is 5.92. The van der Waals surface area contributed by atoms with Gasteiger partial charge in [-0.3, -0.25) is 24.0 Å². The summed E-state index contributed by atoms with van der Waals surface area (Å²) >= 11 is 0. The van der Waals surface area contributed by atoms with Crippen LogP contribution in [0, 0.1) is 5.92 Å². The van der Waals surface area contributed by atoms with E-state index < -0.39 is 23.8 Å². The molecule has 0 saturated carbocycles. The Morgan fingerprint density at radius 1 is 0.800 bits per heavy atom. The van der Waals surface area contributed by atoms with Crippen LogP contribution in [0.15, 0.2) is 0 Å². The number of nitrogens with one attached hydrogen (secondary N) is 5. The van der Waals surface area contributed by atoms with Gasteiger partial charge in [-0.1, -0.05) is 13.8 Å². The zero-order valence-electron chi connectivity index (χ0n) is 15.0. The second-order valence-corrected chi connectivity index (χ2v) is 5.83. The molecule has 5 N–H and O–H groups in total. The molecule has 25 heavy (non-hydrogen) atoms. The lowest BCUT2D eigenvalue weighted by Crippen LogP contribution is -2.51. The van der Waals surface area contributed by atoms with Crippen LogP contribution in [0.5, 0.6) is 0 Å². The van der Waals surface area contributed by atoms with Gasteiger partial charge in [0, 0.05) is 14.0 Å². The molecule has 0 rings (SSSR count). The number of hydrogen-bond acceptors (Lipinski definition) is 5. The summed E-state index contributed by atoms with van der Waals surface area (Å²) < 4.78 is 0. The minimum Gasteiger partial charge on any atom is -0.358 e. The summed E-state index contributed by atoms with van der Waals surface area (Å²) in [6.45, 7) is 4.32. The lowest BCUT2D eigenvalue weighted by molar-refractivity contribution is -0.131. The van der Waals surface area contributed by atoms with Crippen molar-refractivity contribution >= 4 is 29.5 Å². The third kappa shape index (κ3) is 11.5. The SMILES string of the molecule is CNC(=O)CNC(=O)CNC(=O)[C@H](CC(C)C)NC(=O)CNC(C)=O. The van der Waals surface area contributed by atoms with Crippen molar-refractivity contribution in [1.82, 2.24) is 26.6 Å². The van der Waals surface area contributed by atoms with E-state index in [1.165, 1.54) is 14.0 Å². The Morgan fingerprint density at radius 3 is 1.88 bits per heavy atom. The van der Waals surface area contributed by atoms with Crippen LogP contribution in [0.25, 0.3) is 0 Å². The van der Waals surface area contributed by atoms with E-state index in [9.17, 15) is 24.0 Å². The van der Waals surface area contributed by atoms with Crippen molar-refractivity contribution in [2.45, 2.75) is 33.2 Å². The van der Waals surface area contributed by atoms with Crippen LogP contribution >= 0.6 is 0 Å². The fraction of sp³-hybridized carbons (Fsp3) is 0.667. The van der Waals surface area contributed by atoms with Crippen LogP contribution < -0.4 is 26.6 Å². The number of carbonyl (C=O) groups is 5. The third-order valence-electron chi connectivity index (χ3n) is 3.00. The first kappa shape index (κ1) is 22.4. The summed E-state index contributed by atoms with van der Waals surface area (Å²) in [5.74, 6) is -2.13. The van der Waals surface area contributed by atoms with Crippen LogP contribution in [0.4, 0.5) is 0 Å². The molecule has 0 aromatic heterocycles. The zero-order valence-corrected chi connectivity index (χ0v) is 15.0. The molecule has 10 nitrogen and oxygen atoms in total. The van der Waals surface area contributed by atoms with E-state index in [1.54, 1.807) is 0 Å². The molecule has 0 saturated heterocycles. The fourth-order valence-corrected chi connectivity index (χ4v) is 1.77. The highest BCUT2D eigenvalue weighted by atomic mass is 16.2. The van der Waals surface area contributed by atoms with Crippen molar-refractivity contribution in [2.75, 3.05) is 26.7 Å². The Kier molecular flexibility index (Phi) is 10.6. The maximum atomic E-state index is 12.2. The van der Waals surface area contributed by atoms with Crippen molar-refractivity contribution in [2.24, 2.45) is 5.92 Å². The molecular formula is C15H27N5O5. The second kappa shape index (κ2) is 11.8. The summed E-state index contributed by atoms with van der Waals surface area (Å²) in [5.41, 5.74) is 0. The number of amides is 5. The fourth-order valence-electron chi connectivity index (χ4n) is 1.77. The normalized spacial score (nSPS) is 11.2. The molecule has 0 aliphatic carbocycles.